The molecule has 0 aromatic heterocycles. The number of halogens is 1. The van der Waals surface area contributed by atoms with E-state index in [1.165, 1.54) is 11.1 Å². The van der Waals surface area contributed by atoms with Gasteiger partial charge >= 0.3 is 0 Å². The van der Waals surface area contributed by atoms with Gasteiger partial charge in [0.1, 0.15) is 0 Å². The van der Waals surface area contributed by atoms with E-state index in [0.717, 1.165) is 51.5 Å². The highest BCUT2D eigenvalue weighted by molar-refractivity contribution is 14.0. The van der Waals surface area contributed by atoms with Gasteiger partial charge in [-0.05, 0) is 45.8 Å². The lowest BCUT2D eigenvalue weighted by molar-refractivity contribution is 0.0168. The molecule has 1 aromatic carbocycles. The summed E-state index contributed by atoms with van der Waals surface area (Å²) in [6.45, 7) is 6.09. The van der Waals surface area contributed by atoms with Crippen molar-refractivity contribution in [3.05, 3.63) is 35.4 Å². The van der Waals surface area contributed by atoms with Crippen molar-refractivity contribution < 1.29 is 9.47 Å². The van der Waals surface area contributed by atoms with E-state index in [0.29, 0.717) is 18.8 Å². The molecule has 1 aliphatic heterocycles. The van der Waals surface area contributed by atoms with E-state index in [4.69, 9.17) is 9.47 Å². The number of nitrogens with one attached hydrogen (secondary N) is 2. The van der Waals surface area contributed by atoms with Crippen LogP contribution in [0, 0.1) is 6.92 Å². The fourth-order valence-electron chi connectivity index (χ4n) is 3.17. The van der Waals surface area contributed by atoms with Crippen molar-refractivity contribution in [3.63, 3.8) is 0 Å². The first-order valence-electron chi connectivity index (χ1n) is 9.97. The number of likely N-dealkylation sites (N-methyl/N-ethyl adjacent to an activating group) is 1. The fraction of sp³-hybridized carbons (Fsp3) is 0.667. The molecule has 6 nitrogen and oxygen atoms in total. The first kappa shape index (κ1) is 25.1. The number of hydrogen-bond acceptors (Lipinski definition) is 4. The molecule has 1 aliphatic rings. The van der Waals surface area contributed by atoms with Gasteiger partial charge in [-0.1, -0.05) is 29.8 Å². The molecule has 0 bridgehead atoms. The summed E-state index contributed by atoms with van der Waals surface area (Å²) in [4.78, 5) is 6.55. The van der Waals surface area contributed by atoms with Gasteiger partial charge in [-0.15, -0.1) is 24.0 Å². The van der Waals surface area contributed by atoms with Crippen molar-refractivity contribution >= 4 is 29.9 Å². The van der Waals surface area contributed by atoms with Crippen LogP contribution >= 0.6 is 24.0 Å². The quantitative estimate of drug-likeness (QED) is 0.222. The van der Waals surface area contributed by atoms with E-state index < -0.39 is 0 Å². The molecule has 2 N–H and O–H groups in total. The Morgan fingerprint density at radius 1 is 1.29 bits per heavy atom. The first-order chi connectivity index (χ1) is 13.1. The Kier molecular flexibility index (Phi) is 12.7. The molecule has 2 rings (SSSR count). The maximum atomic E-state index is 5.70. The Labute approximate surface area is 187 Å². The number of hydrogen-bond donors (Lipinski definition) is 2. The summed E-state index contributed by atoms with van der Waals surface area (Å²) in [5.41, 5.74) is 2.58. The zero-order valence-corrected chi connectivity index (χ0v) is 20.1. The van der Waals surface area contributed by atoms with Gasteiger partial charge in [0.2, 0.25) is 0 Å². The van der Waals surface area contributed by atoms with Crippen molar-refractivity contribution in [3.8, 4) is 0 Å². The van der Waals surface area contributed by atoms with Crippen LogP contribution in [0.4, 0.5) is 0 Å². The van der Waals surface area contributed by atoms with Crippen molar-refractivity contribution in [1.82, 2.24) is 15.5 Å². The molecule has 160 valence electrons. The minimum Gasteiger partial charge on any atom is -0.379 e. The molecule has 28 heavy (non-hydrogen) atoms. The number of rotatable bonds is 10. The Morgan fingerprint density at radius 2 is 2.04 bits per heavy atom. The van der Waals surface area contributed by atoms with Gasteiger partial charge in [0.15, 0.2) is 5.96 Å². The van der Waals surface area contributed by atoms with Gasteiger partial charge in [0.25, 0.3) is 0 Å². The average molecular weight is 504 g/mol. The Morgan fingerprint density at radius 3 is 2.64 bits per heavy atom. The second-order valence-electron chi connectivity index (χ2n) is 7.33. The molecule has 2 atom stereocenters. The molecule has 0 aliphatic carbocycles. The number of aliphatic imine (C=N–C) groups is 1. The summed E-state index contributed by atoms with van der Waals surface area (Å²) in [6, 6.07) is 9.01. The number of ether oxygens (including phenoxy) is 2. The van der Waals surface area contributed by atoms with Crippen LogP contribution in [0.3, 0.4) is 0 Å². The van der Waals surface area contributed by atoms with E-state index in [1.54, 1.807) is 7.05 Å². The van der Waals surface area contributed by atoms with Gasteiger partial charge in [-0.25, -0.2) is 0 Å². The Hall–Kier alpha value is -0.900. The standard InChI is InChI=1S/C21H36N4O2.HI/c1-17-8-10-18(11-9-17)20(25(3)4)15-24-21(22-2)23-12-6-13-26-16-19-7-5-14-27-19;/h8-11,19-20H,5-7,12-16H2,1-4H3,(H2,22,23,24);1H. The van der Waals surface area contributed by atoms with Gasteiger partial charge in [0.05, 0.1) is 18.8 Å². The number of aryl methyl sites for hydroxylation is 1. The fourth-order valence-corrected chi connectivity index (χ4v) is 3.17. The van der Waals surface area contributed by atoms with E-state index in [2.05, 4.69) is 65.8 Å². The van der Waals surface area contributed by atoms with Crippen LogP contribution in [0.25, 0.3) is 0 Å². The summed E-state index contributed by atoms with van der Waals surface area (Å²) in [5, 5.41) is 6.80. The maximum absolute atomic E-state index is 5.70. The van der Waals surface area contributed by atoms with Gasteiger partial charge < -0.3 is 25.0 Å². The van der Waals surface area contributed by atoms with Crippen LogP contribution in [0.5, 0.6) is 0 Å². The molecular formula is C21H37IN4O2. The van der Waals surface area contributed by atoms with Gasteiger partial charge in [-0.3, -0.25) is 4.99 Å². The normalized spacial score (nSPS) is 18.0. The van der Waals surface area contributed by atoms with Gasteiger partial charge in [0, 0.05) is 33.4 Å². The third-order valence-corrected chi connectivity index (χ3v) is 4.86. The predicted octanol–water partition coefficient (Wildman–Crippen LogP) is 2.97. The molecule has 1 fully saturated rings. The highest BCUT2D eigenvalue weighted by atomic mass is 127. The second kappa shape index (κ2) is 14.1. The molecule has 7 heteroatoms. The minimum atomic E-state index is 0. The molecule has 0 saturated carbocycles. The third kappa shape index (κ3) is 9.07. The number of nitrogens with zero attached hydrogens (tertiary/aromatic N) is 2. The highest BCUT2D eigenvalue weighted by Gasteiger charge is 2.15. The van der Waals surface area contributed by atoms with Crippen molar-refractivity contribution in [2.45, 2.75) is 38.3 Å². The zero-order chi connectivity index (χ0) is 19.5. The van der Waals surface area contributed by atoms with Crippen LogP contribution in [0.1, 0.15) is 36.4 Å². The smallest absolute Gasteiger partial charge is 0.191 e. The first-order valence-corrected chi connectivity index (χ1v) is 9.97. The topological polar surface area (TPSA) is 58.1 Å². The van der Waals surface area contributed by atoms with E-state index in [-0.39, 0.29) is 24.0 Å². The summed E-state index contributed by atoms with van der Waals surface area (Å²) in [7, 11) is 6.02. The van der Waals surface area contributed by atoms with Crippen molar-refractivity contribution in [2.75, 3.05) is 54.1 Å². The SMILES string of the molecule is CN=C(NCCCOCC1CCCO1)NCC(c1ccc(C)cc1)N(C)C.I. The van der Waals surface area contributed by atoms with Crippen LogP contribution in [-0.4, -0.2) is 71.0 Å². The van der Waals surface area contributed by atoms with E-state index >= 15 is 0 Å². The highest BCUT2D eigenvalue weighted by Crippen LogP contribution is 2.17. The van der Waals surface area contributed by atoms with Gasteiger partial charge in [-0.2, -0.15) is 0 Å². The van der Waals surface area contributed by atoms with E-state index in [1.807, 2.05) is 0 Å². The zero-order valence-electron chi connectivity index (χ0n) is 17.7. The Bertz CT molecular complexity index is 560. The largest absolute Gasteiger partial charge is 0.379 e. The molecule has 1 aromatic rings. The van der Waals surface area contributed by atoms with E-state index in [9.17, 15) is 0 Å². The lowest BCUT2D eigenvalue weighted by atomic mass is 10.0. The molecule has 0 radical (unpaired) electrons. The van der Waals surface area contributed by atoms with Crippen LogP contribution in [-0.2, 0) is 9.47 Å². The van der Waals surface area contributed by atoms with Crippen molar-refractivity contribution in [2.24, 2.45) is 4.99 Å². The number of guanidine groups is 1. The molecule has 0 amide bonds. The molecule has 2 unspecified atom stereocenters. The minimum absolute atomic E-state index is 0. The molecular weight excluding hydrogens is 467 g/mol. The summed E-state index contributed by atoms with van der Waals surface area (Å²) < 4.78 is 11.3. The lowest BCUT2D eigenvalue weighted by Gasteiger charge is -2.26. The molecule has 1 heterocycles. The average Bonchev–Trinajstić information content (AvgIpc) is 3.17. The predicted molar refractivity (Wildman–Crippen MR) is 127 cm³/mol. The molecule has 1 saturated heterocycles. The second-order valence-corrected chi connectivity index (χ2v) is 7.33. The summed E-state index contributed by atoms with van der Waals surface area (Å²) in [6.07, 6.45) is 3.54. The summed E-state index contributed by atoms with van der Waals surface area (Å²) in [5.74, 6) is 0.827. The van der Waals surface area contributed by atoms with Crippen molar-refractivity contribution in [1.29, 1.82) is 0 Å². The molecule has 0 spiro atoms. The summed E-state index contributed by atoms with van der Waals surface area (Å²) >= 11 is 0. The third-order valence-electron chi connectivity index (χ3n) is 4.86. The maximum Gasteiger partial charge on any atom is 0.191 e. The lowest BCUT2D eigenvalue weighted by Crippen LogP contribution is -2.42. The number of benzene rings is 1. The van der Waals surface area contributed by atoms with Crippen LogP contribution < -0.4 is 10.6 Å². The van der Waals surface area contributed by atoms with Crippen LogP contribution in [0.15, 0.2) is 29.3 Å². The monoisotopic (exact) mass is 504 g/mol. The Balaban J connectivity index is 0.00000392. The van der Waals surface area contributed by atoms with Crippen LogP contribution in [0.2, 0.25) is 0 Å².